The Balaban J connectivity index is 2.68. The van der Waals surface area contributed by atoms with Gasteiger partial charge in [0.2, 0.25) is 0 Å². The van der Waals surface area contributed by atoms with E-state index in [1.54, 1.807) is 0 Å². The lowest BCUT2D eigenvalue weighted by molar-refractivity contribution is -0.153. The van der Waals surface area contributed by atoms with Crippen LogP contribution in [0.3, 0.4) is 0 Å². The minimum absolute atomic E-state index is 0.0159. The molecule has 14 heavy (non-hydrogen) atoms. The molecule has 0 aliphatic rings. The van der Waals surface area contributed by atoms with Crippen molar-refractivity contribution in [2.45, 2.75) is 6.18 Å². The molecule has 6 heteroatoms. The summed E-state index contributed by atoms with van der Waals surface area (Å²) in [5.41, 5.74) is 5.21. The predicted molar refractivity (Wildman–Crippen MR) is 42.4 cm³/mol. The Morgan fingerprint density at radius 3 is 2.36 bits per heavy atom. The van der Waals surface area contributed by atoms with Crippen molar-refractivity contribution < 1.29 is 22.3 Å². The van der Waals surface area contributed by atoms with Crippen LogP contribution in [0, 0.1) is 5.82 Å². The Morgan fingerprint density at radius 2 is 1.86 bits per heavy atom. The normalized spacial score (nSPS) is 11.4. The molecule has 0 saturated heterocycles. The molecule has 0 bridgehead atoms. The van der Waals surface area contributed by atoms with E-state index >= 15 is 0 Å². The van der Waals surface area contributed by atoms with E-state index in [4.69, 9.17) is 5.73 Å². The molecular weight excluding hydrogens is 202 g/mol. The summed E-state index contributed by atoms with van der Waals surface area (Å²) in [5, 5.41) is 0. The van der Waals surface area contributed by atoms with Gasteiger partial charge < -0.3 is 10.5 Å². The van der Waals surface area contributed by atoms with Crippen molar-refractivity contribution in [2.75, 3.05) is 12.3 Å². The maximum absolute atomic E-state index is 12.6. The molecule has 1 aromatic carbocycles. The number of nitrogens with two attached hydrogens (primary N) is 1. The largest absolute Gasteiger partial charge is 0.484 e. The minimum atomic E-state index is -4.44. The minimum Gasteiger partial charge on any atom is -0.484 e. The maximum Gasteiger partial charge on any atom is 0.422 e. The molecule has 78 valence electrons. The molecule has 0 heterocycles. The zero-order valence-corrected chi connectivity index (χ0v) is 6.94. The van der Waals surface area contributed by atoms with Crippen LogP contribution in [0.1, 0.15) is 0 Å². The molecule has 2 N–H and O–H groups in total. The number of nitrogen functional groups attached to an aromatic ring is 1. The molecule has 0 aromatic heterocycles. The molecule has 0 spiro atoms. The van der Waals surface area contributed by atoms with E-state index < -0.39 is 18.6 Å². The third-order valence-electron chi connectivity index (χ3n) is 1.30. The van der Waals surface area contributed by atoms with Gasteiger partial charge in [-0.1, -0.05) is 0 Å². The third-order valence-corrected chi connectivity index (χ3v) is 1.30. The quantitative estimate of drug-likeness (QED) is 0.599. The topological polar surface area (TPSA) is 35.2 Å². The fraction of sp³-hybridized carbons (Fsp3) is 0.250. The van der Waals surface area contributed by atoms with E-state index in [9.17, 15) is 17.6 Å². The van der Waals surface area contributed by atoms with Gasteiger partial charge in [-0.3, -0.25) is 0 Å². The monoisotopic (exact) mass is 209 g/mol. The van der Waals surface area contributed by atoms with Gasteiger partial charge in [-0.25, -0.2) is 4.39 Å². The number of ether oxygens (including phenoxy) is 1. The Hall–Kier alpha value is -1.46. The van der Waals surface area contributed by atoms with E-state index in [1.807, 2.05) is 0 Å². The lowest BCUT2D eigenvalue weighted by Gasteiger charge is -2.09. The molecule has 0 saturated carbocycles. The second kappa shape index (κ2) is 3.73. The molecule has 0 aliphatic carbocycles. The number of benzene rings is 1. The summed E-state index contributed by atoms with van der Waals surface area (Å²) in [6.07, 6.45) is -4.44. The van der Waals surface area contributed by atoms with Crippen molar-refractivity contribution in [2.24, 2.45) is 0 Å². The van der Waals surface area contributed by atoms with Crippen molar-refractivity contribution in [1.82, 2.24) is 0 Å². The number of hydrogen-bond donors (Lipinski definition) is 1. The highest BCUT2D eigenvalue weighted by atomic mass is 19.4. The first-order valence-electron chi connectivity index (χ1n) is 3.62. The van der Waals surface area contributed by atoms with Gasteiger partial charge in [-0.05, 0) is 6.07 Å². The molecule has 0 amide bonds. The van der Waals surface area contributed by atoms with Gasteiger partial charge in [0.25, 0.3) is 0 Å². The zero-order chi connectivity index (χ0) is 10.8. The Kier molecular flexibility index (Phi) is 2.83. The highest BCUT2D eigenvalue weighted by Crippen LogP contribution is 2.21. The second-order valence-electron chi connectivity index (χ2n) is 2.62. The van der Waals surface area contributed by atoms with Gasteiger partial charge in [0, 0.05) is 17.8 Å². The van der Waals surface area contributed by atoms with Gasteiger partial charge in [0.1, 0.15) is 11.6 Å². The summed E-state index contributed by atoms with van der Waals surface area (Å²) in [6.45, 7) is -1.46. The molecule has 2 nitrogen and oxygen atoms in total. The molecule has 0 radical (unpaired) electrons. The second-order valence-corrected chi connectivity index (χ2v) is 2.62. The van der Waals surface area contributed by atoms with Crippen molar-refractivity contribution in [3.8, 4) is 5.75 Å². The van der Waals surface area contributed by atoms with Crippen LogP contribution in [-0.2, 0) is 0 Å². The first-order chi connectivity index (χ1) is 6.37. The fourth-order valence-electron chi connectivity index (χ4n) is 0.833. The van der Waals surface area contributed by atoms with Crippen LogP contribution >= 0.6 is 0 Å². The summed E-state index contributed by atoms with van der Waals surface area (Å²) in [4.78, 5) is 0. The average molecular weight is 209 g/mol. The van der Waals surface area contributed by atoms with E-state index in [0.717, 1.165) is 18.2 Å². The average Bonchev–Trinajstić information content (AvgIpc) is 1.97. The predicted octanol–water partition coefficient (Wildman–Crippen LogP) is 2.35. The van der Waals surface area contributed by atoms with Crippen LogP contribution in [0.4, 0.5) is 23.2 Å². The van der Waals surface area contributed by atoms with E-state index in [2.05, 4.69) is 4.74 Å². The number of hydrogen-bond acceptors (Lipinski definition) is 2. The van der Waals surface area contributed by atoms with Crippen LogP contribution in [0.15, 0.2) is 18.2 Å². The Morgan fingerprint density at radius 1 is 1.21 bits per heavy atom. The number of halogens is 4. The lowest BCUT2D eigenvalue weighted by atomic mass is 10.3. The van der Waals surface area contributed by atoms with Crippen LogP contribution in [0.2, 0.25) is 0 Å². The van der Waals surface area contributed by atoms with Crippen molar-refractivity contribution in [1.29, 1.82) is 0 Å². The van der Waals surface area contributed by atoms with E-state index in [1.165, 1.54) is 0 Å². The molecular formula is C8H7F4NO. The van der Waals surface area contributed by atoms with Crippen molar-refractivity contribution in [3.63, 3.8) is 0 Å². The van der Waals surface area contributed by atoms with Crippen molar-refractivity contribution in [3.05, 3.63) is 24.0 Å². The number of anilines is 1. The summed E-state index contributed by atoms with van der Waals surface area (Å²) in [5.74, 6) is -0.970. The highest BCUT2D eigenvalue weighted by molar-refractivity contribution is 5.44. The summed E-state index contributed by atoms with van der Waals surface area (Å²) >= 11 is 0. The first-order valence-corrected chi connectivity index (χ1v) is 3.62. The van der Waals surface area contributed by atoms with Crippen molar-refractivity contribution >= 4 is 5.69 Å². The standard InChI is InChI=1S/C8H7F4NO/c9-5-1-6(13)3-7(2-5)14-4-8(10,11)12/h1-3H,4,13H2. The first kappa shape index (κ1) is 10.6. The summed E-state index contributed by atoms with van der Waals surface area (Å²) in [6, 6.07) is 2.94. The third kappa shape index (κ3) is 3.51. The zero-order valence-electron chi connectivity index (χ0n) is 6.94. The summed E-state index contributed by atoms with van der Waals surface area (Å²) in [7, 11) is 0. The molecule has 0 aliphatic heterocycles. The molecule has 0 unspecified atom stereocenters. The highest BCUT2D eigenvalue weighted by Gasteiger charge is 2.28. The SMILES string of the molecule is Nc1cc(F)cc(OCC(F)(F)F)c1. The smallest absolute Gasteiger partial charge is 0.422 e. The van der Waals surface area contributed by atoms with Gasteiger partial charge in [-0.2, -0.15) is 13.2 Å². The number of alkyl halides is 3. The molecule has 0 fully saturated rings. The van der Waals surface area contributed by atoms with Crippen LogP contribution in [0.25, 0.3) is 0 Å². The molecule has 1 aromatic rings. The van der Waals surface area contributed by atoms with Gasteiger partial charge in [-0.15, -0.1) is 0 Å². The Bertz CT molecular complexity index is 303. The molecule has 0 atom stereocenters. The summed E-state index contributed by atoms with van der Waals surface area (Å²) < 4.78 is 52.0. The Labute approximate surface area is 77.3 Å². The lowest BCUT2D eigenvalue weighted by Crippen LogP contribution is -2.19. The molecule has 1 rings (SSSR count). The van der Waals surface area contributed by atoms with Crippen LogP contribution in [0.5, 0.6) is 5.75 Å². The van der Waals surface area contributed by atoms with Crippen LogP contribution in [-0.4, -0.2) is 12.8 Å². The van der Waals surface area contributed by atoms with Gasteiger partial charge in [0.05, 0.1) is 0 Å². The maximum atomic E-state index is 12.6. The fourth-order valence-corrected chi connectivity index (χ4v) is 0.833. The number of rotatable bonds is 2. The van der Waals surface area contributed by atoms with E-state index in [-0.39, 0.29) is 11.4 Å². The van der Waals surface area contributed by atoms with Gasteiger partial charge in [0.15, 0.2) is 6.61 Å². The van der Waals surface area contributed by atoms with Crippen LogP contribution < -0.4 is 10.5 Å². The van der Waals surface area contributed by atoms with Gasteiger partial charge >= 0.3 is 6.18 Å². The van der Waals surface area contributed by atoms with E-state index in [0.29, 0.717) is 0 Å².